The van der Waals surface area contributed by atoms with Crippen molar-refractivity contribution in [1.29, 1.82) is 0 Å². The van der Waals surface area contributed by atoms with Gasteiger partial charge in [-0.2, -0.15) is 0 Å². The fourth-order valence-electron chi connectivity index (χ4n) is 2.93. The average Bonchev–Trinajstić information content (AvgIpc) is 2.52. The van der Waals surface area contributed by atoms with Crippen molar-refractivity contribution >= 4 is 12.1 Å². The summed E-state index contributed by atoms with van der Waals surface area (Å²) in [6.45, 7) is 6.16. The minimum atomic E-state index is -0.834. The number of hydrogen-bond donors (Lipinski definition) is 1. The number of amides is 1. The van der Waals surface area contributed by atoms with Crippen molar-refractivity contribution in [2.45, 2.75) is 38.7 Å². The predicted octanol–water partition coefficient (Wildman–Crippen LogP) is 3.12. The number of piperidine rings is 1. The largest absolute Gasteiger partial charge is 0.497 e. The molecule has 0 saturated carbocycles. The Labute approximate surface area is 142 Å². The molecule has 1 fully saturated rings. The third-order valence-corrected chi connectivity index (χ3v) is 4.13. The summed E-state index contributed by atoms with van der Waals surface area (Å²) in [5.74, 6) is -0.906. The van der Waals surface area contributed by atoms with Crippen LogP contribution in [-0.2, 0) is 9.53 Å². The Hall–Kier alpha value is -2.24. The summed E-state index contributed by atoms with van der Waals surface area (Å²) in [6.07, 6.45) is 0.00972. The van der Waals surface area contributed by atoms with Crippen LogP contribution in [0.4, 0.5) is 4.79 Å². The normalized spacial score (nSPS) is 21.2. The molecular formula is C18H25NO5. The number of ether oxygens (including phenoxy) is 2. The van der Waals surface area contributed by atoms with Crippen molar-refractivity contribution < 1.29 is 24.2 Å². The third kappa shape index (κ3) is 4.40. The maximum absolute atomic E-state index is 12.3. The molecule has 6 heteroatoms. The molecule has 132 valence electrons. The fourth-order valence-corrected chi connectivity index (χ4v) is 2.93. The molecule has 0 aromatic heterocycles. The smallest absolute Gasteiger partial charge is 0.410 e. The molecule has 1 aliphatic heterocycles. The Morgan fingerprint density at radius 3 is 2.33 bits per heavy atom. The zero-order valence-electron chi connectivity index (χ0n) is 14.6. The lowest BCUT2D eigenvalue weighted by molar-refractivity contribution is -0.144. The van der Waals surface area contributed by atoms with Gasteiger partial charge in [-0.15, -0.1) is 0 Å². The Bertz CT molecular complexity index is 590. The van der Waals surface area contributed by atoms with E-state index < -0.39 is 23.6 Å². The van der Waals surface area contributed by atoms with Crippen LogP contribution in [0.25, 0.3) is 0 Å². The second kappa shape index (κ2) is 7.11. The summed E-state index contributed by atoms with van der Waals surface area (Å²) < 4.78 is 10.6. The lowest BCUT2D eigenvalue weighted by Gasteiger charge is -2.37. The summed E-state index contributed by atoms with van der Waals surface area (Å²) in [5, 5.41) is 9.52. The number of methoxy groups -OCH3 is 1. The molecule has 1 saturated heterocycles. The third-order valence-electron chi connectivity index (χ3n) is 4.13. The predicted molar refractivity (Wildman–Crippen MR) is 89.3 cm³/mol. The molecule has 0 aliphatic carbocycles. The fraction of sp³-hybridized carbons (Fsp3) is 0.556. The highest BCUT2D eigenvalue weighted by atomic mass is 16.6. The summed E-state index contributed by atoms with van der Waals surface area (Å²) in [5.41, 5.74) is 0.313. The Kier molecular flexibility index (Phi) is 5.36. The summed E-state index contributed by atoms with van der Waals surface area (Å²) >= 11 is 0. The first-order valence-electron chi connectivity index (χ1n) is 8.06. The van der Waals surface area contributed by atoms with E-state index in [2.05, 4.69) is 0 Å². The standard InChI is InChI=1S/C18H25NO5/c1-18(2,3)24-17(22)19-10-9-14(16(20)21)15(11-19)12-5-7-13(23-4)8-6-12/h5-8,14-15H,9-11H2,1-4H3,(H,20,21)/t14-,15+/m0/s1. The van der Waals surface area contributed by atoms with Crippen LogP contribution in [0, 0.1) is 5.92 Å². The van der Waals surface area contributed by atoms with Crippen LogP contribution in [0.2, 0.25) is 0 Å². The molecule has 0 radical (unpaired) electrons. The van der Waals surface area contributed by atoms with E-state index in [0.717, 1.165) is 5.56 Å². The van der Waals surface area contributed by atoms with Crippen LogP contribution in [0.15, 0.2) is 24.3 Å². The van der Waals surface area contributed by atoms with Gasteiger partial charge >= 0.3 is 12.1 Å². The molecule has 1 aliphatic rings. The van der Waals surface area contributed by atoms with Gasteiger partial charge in [0.15, 0.2) is 0 Å². The number of carboxylic acid groups (broad SMARTS) is 1. The van der Waals surface area contributed by atoms with Gasteiger partial charge < -0.3 is 19.5 Å². The molecule has 1 aromatic rings. The summed E-state index contributed by atoms with van der Waals surface area (Å²) in [4.78, 5) is 25.5. The van der Waals surface area contributed by atoms with E-state index in [1.807, 2.05) is 32.9 Å². The molecular weight excluding hydrogens is 310 g/mol. The second-order valence-corrected chi connectivity index (χ2v) is 7.04. The van der Waals surface area contributed by atoms with Crippen molar-refractivity contribution in [2.75, 3.05) is 20.2 Å². The van der Waals surface area contributed by atoms with Crippen LogP contribution >= 0.6 is 0 Å². The number of carboxylic acids is 1. The van der Waals surface area contributed by atoms with Crippen molar-refractivity contribution in [3.8, 4) is 5.75 Å². The molecule has 2 atom stereocenters. The van der Waals surface area contributed by atoms with Crippen LogP contribution in [0.3, 0.4) is 0 Å². The molecule has 2 rings (SSSR count). The number of carbonyl (C=O) groups excluding carboxylic acids is 1. The van der Waals surface area contributed by atoms with Gasteiger partial charge in [-0.05, 0) is 44.9 Å². The van der Waals surface area contributed by atoms with Crippen molar-refractivity contribution in [1.82, 2.24) is 4.90 Å². The number of benzene rings is 1. The first kappa shape index (κ1) is 18.1. The average molecular weight is 335 g/mol. The van der Waals surface area contributed by atoms with Crippen LogP contribution in [0.1, 0.15) is 38.7 Å². The first-order chi connectivity index (χ1) is 11.2. The minimum absolute atomic E-state index is 0.269. The summed E-state index contributed by atoms with van der Waals surface area (Å²) in [6, 6.07) is 7.33. The van der Waals surface area contributed by atoms with Gasteiger partial charge in [0.25, 0.3) is 0 Å². The molecule has 0 unspecified atom stereocenters. The van der Waals surface area contributed by atoms with E-state index in [4.69, 9.17) is 9.47 Å². The van der Waals surface area contributed by atoms with E-state index in [-0.39, 0.29) is 5.92 Å². The Balaban J connectivity index is 2.19. The first-order valence-corrected chi connectivity index (χ1v) is 8.06. The van der Waals surface area contributed by atoms with E-state index in [1.165, 1.54) is 0 Å². The van der Waals surface area contributed by atoms with Gasteiger partial charge in [0.05, 0.1) is 13.0 Å². The maximum Gasteiger partial charge on any atom is 0.410 e. The topological polar surface area (TPSA) is 76.1 Å². The van der Waals surface area contributed by atoms with Crippen molar-refractivity contribution in [2.24, 2.45) is 5.92 Å². The van der Waals surface area contributed by atoms with E-state index >= 15 is 0 Å². The Morgan fingerprint density at radius 2 is 1.83 bits per heavy atom. The summed E-state index contributed by atoms with van der Waals surface area (Å²) in [7, 11) is 1.58. The van der Waals surface area contributed by atoms with Crippen LogP contribution < -0.4 is 4.74 Å². The van der Waals surface area contributed by atoms with Gasteiger partial charge in [-0.25, -0.2) is 4.79 Å². The quantitative estimate of drug-likeness (QED) is 0.918. The van der Waals surface area contributed by atoms with Gasteiger partial charge in [-0.3, -0.25) is 4.79 Å². The SMILES string of the molecule is COc1ccc([C@H]2CN(C(=O)OC(C)(C)C)CC[C@@H]2C(=O)O)cc1. The van der Waals surface area contributed by atoms with Crippen molar-refractivity contribution in [3.05, 3.63) is 29.8 Å². The van der Waals surface area contributed by atoms with Crippen LogP contribution in [-0.4, -0.2) is 47.9 Å². The second-order valence-electron chi connectivity index (χ2n) is 7.04. The molecule has 1 amide bonds. The number of hydrogen-bond acceptors (Lipinski definition) is 4. The number of nitrogens with zero attached hydrogens (tertiary/aromatic N) is 1. The highest BCUT2D eigenvalue weighted by molar-refractivity contribution is 5.73. The minimum Gasteiger partial charge on any atom is -0.497 e. The molecule has 0 spiro atoms. The number of likely N-dealkylation sites (tertiary alicyclic amines) is 1. The molecule has 1 N–H and O–H groups in total. The van der Waals surface area contributed by atoms with Crippen molar-refractivity contribution in [3.63, 3.8) is 0 Å². The lowest BCUT2D eigenvalue weighted by atomic mass is 9.81. The van der Waals surface area contributed by atoms with E-state index in [9.17, 15) is 14.7 Å². The molecule has 0 bridgehead atoms. The Morgan fingerprint density at radius 1 is 1.21 bits per heavy atom. The number of aliphatic carboxylic acids is 1. The zero-order valence-corrected chi connectivity index (χ0v) is 14.6. The lowest BCUT2D eigenvalue weighted by Crippen LogP contribution is -2.46. The monoisotopic (exact) mass is 335 g/mol. The van der Waals surface area contributed by atoms with E-state index in [0.29, 0.717) is 25.3 Å². The zero-order chi connectivity index (χ0) is 17.9. The molecule has 1 heterocycles. The highest BCUT2D eigenvalue weighted by Crippen LogP contribution is 2.34. The van der Waals surface area contributed by atoms with Gasteiger partial charge in [0.1, 0.15) is 11.4 Å². The number of rotatable bonds is 3. The van der Waals surface area contributed by atoms with Crippen LogP contribution in [0.5, 0.6) is 5.75 Å². The maximum atomic E-state index is 12.3. The molecule has 24 heavy (non-hydrogen) atoms. The van der Waals surface area contributed by atoms with Gasteiger partial charge in [-0.1, -0.05) is 12.1 Å². The van der Waals surface area contributed by atoms with Gasteiger partial charge in [0.2, 0.25) is 0 Å². The number of carbonyl (C=O) groups is 2. The molecule has 1 aromatic carbocycles. The highest BCUT2D eigenvalue weighted by Gasteiger charge is 2.37. The van der Waals surface area contributed by atoms with Gasteiger partial charge in [0, 0.05) is 19.0 Å². The van der Waals surface area contributed by atoms with E-state index in [1.54, 1.807) is 24.1 Å². The molecule has 6 nitrogen and oxygen atoms in total.